The molecule has 0 spiro atoms. The molecule has 0 amide bonds. The van der Waals surface area contributed by atoms with Gasteiger partial charge in [0.1, 0.15) is 0 Å². The summed E-state index contributed by atoms with van der Waals surface area (Å²) in [7, 11) is 0. The van der Waals surface area contributed by atoms with Gasteiger partial charge in [-0.1, -0.05) is 12.1 Å². The lowest BCUT2D eigenvalue weighted by atomic mass is 10.1. The van der Waals surface area contributed by atoms with E-state index in [1.807, 2.05) is 0 Å². The van der Waals surface area contributed by atoms with E-state index in [-0.39, 0.29) is 6.61 Å². The van der Waals surface area contributed by atoms with Crippen LogP contribution in [0.2, 0.25) is 0 Å². The molecule has 108 valence electrons. The summed E-state index contributed by atoms with van der Waals surface area (Å²) in [6.45, 7) is 9.80. The molecule has 0 radical (unpaired) electrons. The van der Waals surface area contributed by atoms with Gasteiger partial charge in [0.25, 0.3) is 0 Å². The first-order chi connectivity index (χ1) is 9.21. The highest BCUT2D eigenvalue weighted by molar-refractivity contribution is 5.47. The van der Waals surface area contributed by atoms with Crippen LogP contribution in [-0.4, -0.2) is 30.8 Å². The predicted octanol–water partition coefficient (Wildman–Crippen LogP) is 2.78. The molecule has 0 aromatic heterocycles. The summed E-state index contributed by atoms with van der Waals surface area (Å²) in [6, 6.07) is 9.23. The summed E-state index contributed by atoms with van der Waals surface area (Å²) in [5.74, 6) is 0. The van der Waals surface area contributed by atoms with Gasteiger partial charge in [-0.2, -0.15) is 0 Å². The molecule has 2 N–H and O–H groups in total. The summed E-state index contributed by atoms with van der Waals surface area (Å²) in [4.78, 5) is 2.35. The van der Waals surface area contributed by atoms with E-state index >= 15 is 0 Å². The normalized spacial score (nSPS) is 12.4. The second-order valence-electron chi connectivity index (χ2n) is 4.99. The Bertz CT molecular complexity index is 333. The van der Waals surface area contributed by atoms with Gasteiger partial charge in [-0.3, -0.25) is 0 Å². The van der Waals surface area contributed by atoms with Crippen molar-refractivity contribution in [3.63, 3.8) is 0 Å². The first-order valence-electron chi connectivity index (χ1n) is 7.39. The Morgan fingerprint density at radius 2 is 1.79 bits per heavy atom. The molecule has 0 aliphatic rings. The van der Waals surface area contributed by atoms with Gasteiger partial charge < -0.3 is 15.3 Å². The fourth-order valence-corrected chi connectivity index (χ4v) is 2.20. The monoisotopic (exact) mass is 264 g/mol. The SMILES string of the molecule is CCN(CC)c1ccc(CNC(C)CCCO)cc1. The van der Waals surface area contributed by atoms with Crippen molar-refractivity contribution in [2.75, 3.05) is 24.6 Å². The molecule has 1 atom stereocenters. The minimum absolute atomic E-state index is 0.282. The molecule has 1 rings (SSSR count). The van der Waals surface area contributed by atoms with Crippen molar-refractivity contribution < 1.29 is 5.11 Å². The summed E-state index contributed by atoms with van der Waals surface area (Å²) < 4.78 is 0. The van der Waals surface area contributed by atoms with E-state index in [2.05, 4.69) is 55.3 Å². The largest absolute Gasteiger partial charge is 0.396 e. The Labute approximate surface area is 117 Å². The Morgan fingerprint density at radius 3 is 2.32 bits per heavy atom. The van der Waals surface area contributed by atoms with Gasteiger partial charge in [-0.25, -0.2) is 0 Å². The third kappa shape index (κ3) is 5.62. The molecule has 0 aliphatic heterocycles. The van der Waals surface area contributed by atoms with E-state index in [9.17, 15) is 0 Å². The van der Waals surface area contributed by atoms with Crippen LogP contribution in [0, 0.1) is 0 Å². The zero-order chi connectivity index (χ0) is 14.1. The molecule has 1 aromatic rings. The number of rotatable bonds is 9. The lowest BCUT2D eigenvalue weighted by molar-refractivity contribution is 0.276. The van der Waals surface area contributed by atoms with E-state index in [0.29, 0.717) is 6.04 Å². The molecule has 0 saturated carbocycles. The van der Waals surface area contributed by atoms with Crippen LogP contribution in [0.3, 0.4) is 0 Å². The summed E-state index contributed by atoms with van der Waals surface area (Å²) in [5, 5.41) is 12.3. The van der Waals surface area contributed by atoms with Crippen molar-refractivity contribution in [1.82, 2.24) is 5.32 Å². The van der Waals surface area contributed by atoms with Crippen molar-refractivity contribution in [2.45, 2.75) is 46.2 Å². The van der Waals surface area contributed by atoms with Gasteiger partial charge in [0, 0.05) is 38.0 Å². The molecule has 3 heteroatoms. The fourth-order valence-electron chi connectivity index (χ4n) is 2.20. The van der Waals surface area contributed by atoms with Crippen LogP contribution in [0.4, 0.5) is 5.69 Å². The molecule has 0 fully saturated rings. The van der Waals surface area contributed by atoms with E-state index in [1.54, 1.807) is 0 Å². The molecule has 0 aliphatic carbocycles. The van der Waals surface area contributed by atoms with Crippen LogP contribution >= 0.6 is 0 Å². The highest BCUT2D eigenvalue weighted by Crippen LogP contribution is 2.15. The lowest BCUT2D eigenvalue weighted by Crippen LogP contribution is -2.25. The molecule has 1 unspecified atom stereocenters. The van der Waals surface area contributed by atoms with Crippen LogP contribution in [0.1, 0.15) is 39.2 Å². The smallest absolute Gasteiger partial charge is 0.0431 e. The van der Waals surface area contributed by atoms with Gasteiger partial charge >= 0.3 is 0 Å². The first kappa shape index (κ1) is 16.0. The van der Waals surface area contributed by atoms with E-state index < -0.39 is 0 Å². The first-order valence-corrected chi connectivity index (χ1v) is 7.39. The standard InChI is InChI=1S/C16H28N2O/c1-4-18(5-2)16-10-8-15(9-11-16)13-17-14(3)7-6-12-19/h8-11,14,17,19H,4-7,12-13H2,1-3H3. The second-order valence-corrected chi connectivity index (χ2v) is 4.99. The summed E-state index contributed by atoms with van der Waals surface area (Å²) in [6.07, 6.45) is 1.89. The number of hydrogen-bond acceptors (Lipinski definition) is 3. The number of aliphatic hydroxyl groups is 1. The van der Waals surface area contributed by atoms with Crippen LogP contribution in [0.15, 0.2) is 24.3 Å². The van der Waals surface area contributed by atoms with E-state index in [1.165, 1.54) is 11.3 Å². The zero-order valence-corrected chi connectivity index (χ0v) is 12.5. The Balaban J connectivity index is 2.43. The Morgan fingerprint density at radius 1 is 1.16 bits per heavy atom. The quantitative estimate of drug-likeness (QED) is 0.720. The van der Waals surface area contributed by atoms with Crippen molar-refractivity contribution in [3.05, 3.63) is 29.8 Å². The van der Waals surface area contributed by atoms with Gasteiger partial charge in [0.15, 0.2) is 0 Å². The average Bonchev–Trinajstić information content (AvgIpc) is 2.45. The second kappa shape index (κ2) is 8.94. The number of benzene rings is 1. The van der Waals surface area contributed by atoms with E-state index in [4.69, 9.17) is 5.11 Å². The van der Waals surface area contributed by atoms with Gasteiger partial charge in [0.2, 0.25) is 0 Å². The molecule has 0 heterocycles. The number of nitrogens with one attached hydrogen (secondary N) is 1. The van der Waals surface area contributed by atoms with Crippen molar-refractivity contribution in [2.24, 2.45) is 0 Å². The zero-order valence-electron chi connectivity index (χ0n) is 12.5. The number of anilines is 1. The van der Waals surface area contributed by atoms with E-state index in [0.717, 1.165) is 32.5 Å². The molecule has 0 saturated heterocycles. The highest BCUT2D eigenvalue weighted by atomic mass is 16.2. The fraction of sp³-hybridized carbons (Fsp3) is 0.625. The maximum Gasteiger partial charge on any atom is 0.0431 e. The molecule has 0 bridgehead atoms. The minimum Gasteiger partial charge on any atom is -0.396 e. The highest BCUT2D eigenvalue weighted by Gasteiger charge is 2.03. The Kier molecular flexibility index (Phi) is 7.53. The third-order valence-corrected chi connectivity index (χ3v) is 3.51. The topological polar surface area (TPSA) is 35.5 Å². The van der Waals surface area contributed by atoms with Crippen molar-refractivity contribution >= 4 is 5.69 Å². The van der Waals surface area contributed by atoms with Crippen LogP contribution in [-0.2, 0) is 6.54 Å². The lowest BCUT2D eigenvalue weighted by Gasteiger charge is -2.21. The number of hydrogen-bond donors (Lipinski definition) is 2. The number of nitrogens with zero attached hydrogens (tertiary/aromatic N) is 1. The predicted molar refractivity (Wildman–Crippen MR) is 82.6 cm³/mol. The van der Waals surface area contributed by atoms with Crippen LogP contribution in [0.25, 0.3) is 0 Å². The molecule has 1 aromatic carbocycles. The van der Waals surface area contributed by atoms with Gasteiger partial charge in [-0.05, 0) is 51.3 Å². The minimum atomic E-state index is 0.282. The molecular formula is C16H28N2O. The van der Waals surface area contributed by atoms with Gasteiger partial charge in [0.05, 0.1) is 0 Å². The molecule has 3 nitrogen and oxygen atoms in total. The van der Waals surface area contributed by atoms with Crippen molar-refractivity contribution in [1.29, 1.82) is 0 Å². The van der Waals surface area contributed by atoms with Gasteiger partial charge in [-0.15, -0.1) is 0 Å². The Hall–Kier alpha value is -1.06. The van der Waals surface area contributed by atoms with Crippen LogP contribution in [0.5, 0.6) is 0 Å². The van der Waals surface area contributed by atoms with Crippen LogP contribution < -0.4 is 10.2 Å². The average molecular weight is 264 g/mol. The van der Waals surface area contributed by atoms with Crippen molar-refractivity contribution in [3.8, 4) is 0 Å². The maximum atomic E-state index is 8.80. The summed E-state index contributed by atoms with van der Waals surface area (Å²) >= 11 is 0. The molecule has 19 heavy (non-hydrogen) atoms. The molecular weight excluding hydrogens is 236 g/mol. The number of aliphatic hydroxyl groups excluding tert-OH is 1. The third-order valence-electron chi connectivity index (χ3n) is 3.51. The maximum absolute atomic E-state index is 8.80. The summed E-state index contributed by atoms with van der Waals surface area (Å²) in [5.41, 5.74) is 2.61.